The third kappa shape index (κ3) is 21.3. The Morgan fingerprint density at radius 2 is 1.26 bits per heavy atom. The Hall–Kier alpha value is -11.4. The molecular weight excluding hydrogens is 1280 g/mol. The number of likely N-dealkylation sites (tertiary alicyclic amines) is 1. The number of ether oxygens (including phenoxy) is 1. The lowest BCUT2D eigenvalue weighted by molar-refractivity contribution is -0.142. The average molecular weight is 1370 g/mol. The summed E-state index contributed by atoms with van der Waals surface area (Å²) in [4.78, 5) is 177. The molecule has 4 aromatic carbocycles. The molecule has 0 aliphatic carbocycles. The van der Waals surface area contributed by atoms with Crippen LogP contribution < -0.4 is 74.9 Å². The molecule has 2 fully saturated rings. The number of benzene rings is 4. The monoisotopic (exact) mass is 1360 g/mol. The predicted molar refractivity (Wildman–Crippen MR) is 359 cm³/mol. The second-order valence-electron chi connectivity index (χ2n) is 24.7. The molecule has 12 amide bonds. The van der Waals surface area contributed by atoms with E-state index < -0.39 is 126 Å². The number of aliphatic hydroxyl groups excluding tert-OH is 1. The maximum atomic E-state index is 15.2. The minimum Gasteiger partial charge on any atom is -0.427 e. The van der Waals surface area contributed by atoms with Gasteiger partial charge in [0.15, 0.2) is 5.96 Å². The number of nitrogens with two attached hydrogens (primary N) is 2. The Kier molecular flexibility index (Phi) is 25.9. The van der Waals surface area contributed by atoms with Crippen LogP contribution in [0.25, 0.3) is 21.7 Å². The minimum absolute atomic E-state index is 0.000669. The quantitative estimate of drug-likeness (QED) is 0.00595. The topological polar surface area (TPSA) is 490 Å². The van der Waals surface area contributed by atoms with Gasteiger partial charge in [-0.2, -0.15) is 0 Å². The van der Waals surface area contributed by atoms with Gasteiger partial charge in [-0.1, -0.05) is 86.6 Å². The number of imidazole rings is 1. The highest BCUT2D eigenvalue weighted by Gasteiger charge is 2.40. The maximum Gasteiger partial charge on any atom is 0.330 e. The summed E-state index contributed by atoms with van der Waals surface area (Å²) in [5.74, 6) is -9.03. The van der Waals surface area contributed by atoms with Gasteiger partial charge in [0.2, 0.25) is 53.2 Å². The zero-order chi connectivity index (χ0) is 71.3. The van der Waals surface area contributed by atoms with E-state index in [-0.39, 0.29) is 101 Å². The van der Waals surface area contributed by atoms with E-state index in [4.69, 9.17) is 21.6 Å². The number of hydrazine groups is 1. The zero-order valence-corrected chi connectivity index (χ0v) is 54.9. The first-order valence-electron chi connectivity index (χ1n) is 32.5. The number of aromatic nitrogens is 3. The standard InChI is InChI=1S/C67H84N18O14/c1-36(2)26-49(58(90)76-48(14-8-24-72-66(68)69)65(97)85-25-9-15-55(85)64(96)83-84-67(70)98)77-60(92)51(29-39-16-19-40-10-4-5-11-41(40)27-39)78-59(91)50(28-38-17-20-44(21-18-38)99-37(3)87)79-63(95)54(34-86)82-61(93)52(30-42-32-73-46-13-7-6-12-45(42)46)80-62(94)53(31-43-33-71-35-74-43)81-57(89)47-22-23-56(88)75-47/h4-7,10-13,16-21,27,32-33,35-36,47-55,73,86H,8-9,14-15,22-26,28-31,34H2,1-3H3,(H,71,74)(H,75,88)(H,76,90)(H,77,92)(H,78,91)(H,79,95)(H,80,94)(H,81,89)(H,82,93)(H,83,96)(H4,68,69,72)(H3,70,84,98)/t47-,48-,49-,50-,51+,52-,53-,54-,55-/m0/s1. The lowest BCUT2D eigenvalue weighted by Crippen LogP contribution is -2.61. The largest absolute Gasteiger partial charge is 0.427 e. The van der Waals surface area contributed by atoms with Crippen LogP contribution in [0.5, 0.6) is 5.75 Å². The summed E-state index contributed by atoms with van der Waals surface area (Å²) in [6, 6.07) is 12.3. The van der Waals surface area contributed by atoms with Crippen molar-refractivity contribution in [1.82, 2.24) is 78.6 Å². The van der Waals surface area contributed by atoms with E-state index in [1.807, 2.05) is 41.8 Å². The van der Waals surface area contributed by atoms with Crippen LogP contribution in [0.2, 0.25) is 0 Å². The number of amides is 12. The molecule has 8 rings (SSSR count). The number of esters is 1. The molecule has 2 aliphatic heterocycles. The minimum atomic E-state index is -1.83. The molecule has 32 nitrogen and oxygen atoms in total. The van der Waals surface area contributed by atoms with Crippen LogP contribution in [0.4, 0.5) is 4.79 Å². The van der Waals surface area contributed by atoms with Gasteiger partial charge in [-0.3, -0.25) is 63.6 Å². The molecule has 19 N–H and O–H groups in total. The van der Waals surface area contributed by atoms with E-state index in [0.29, 0.717) is 39.7 Å². The van der Waals surface area contributed by atoms with Crippen LogP contribution in [-0.4, -0.2) is 176 Å². The number of H-pyrrole nitrogens is 2. The van der Waals surface area contributed by atoms with Crippen molar-refractivity contribution in [1.29, 1.82) is 5.41 Å². The van der Waals surface area contributed by atoms with Crippen molar-refractivity contribution in [3.8, 4) is 5.75 Å². The zero-order valence-electron chi connectivity index (χ0n) is 54.9. The van der Waals surface area contributed by atoms with Crippen molar-refractivity contribution >= 4 is 98.7 Å². The molecule has 6 aromatic rings. The second-order valence-corrected chi connectivity index (χ2v) is 24.7. The molecule has 2 aliphatic rings. The average Bonchev–Trinajstić information content (AvgIpc) is 1.80. The number of carbonyl (C=O) groups excluding carboxylic acids is 12. The number of para-hydroxylation sites is 1. The Morgan fingerprint density at radius 3 is 1.89 bits per heavy atom. The normalized spacial score (nSPS) is 16.3. The number of nitrogens with one attached hydrogen (secondary N) is 14. The van der Waals surface area contributed by atoms with Gasteiger partial charge in [0, 0.05) is 75.4 Å². The van der Waals surface area contributed by atoms with Crippen molar-refractivity contribution in [2.75, 3.05) is 19.7 Å². The first kappa shape index (κ1) is 73.4. The van der Waals surface area contributed by atoms with Crippen molar-refractivity contribution in [3.63, 3.8) is 0 Å². The van der Waals surface area contributed by atoms with Crippen LogP contribution >= 0.6 is 0 Å². The summed E-state index contributed by atoms with van der Waals surface area (Å²) in [6.07, 6.45) is 4.68. The Bertz CT molecular complexity index is 3920. The van der Waals surface area contributed by atoms with Gasteiger partial charge < -0.3 is 84.0 Å². The number of carbonyl (C=O) groups is 12. The Balaban J connectivity index is 1.07. The number of aromatic amines is 2. The first-order chi connectivity index (χ1) is 47.4. The van der Waals surface area contributed by atoms with Crippen molar-refractivity contribution in [3.05, 3.63) is 132 Å². The number of guanidine groups is 1. The van der Waals surface area contributed by atoms with Crippen LogP contribution in [0.3, 0.4) is 0 Å². The summed E-state index contributed by atoms with van der Waals surface area (Å²) in [5, 5.41) is 45.1. The lowest BCUT2D eigenvalue weighted by atomic mass is 9.98. The second kappa shape index (κ2) is 35.0. The molecule has 4 heterocycles. The maximum absolute atomic E-state index is 15.2. The summed E-state index contributed by atoms with van der Waals surface area (Å²) in [6.45, 7) is 3.97. The summed E-state index contributed by atoms with van der Waals surface area (Å²) in [7, 11) is 0. The van der Waals surface area contributed by atoms with Crippen LogP contribution in [0.1, 0.15) is 88.1 Å². The van der Waals surface area contributed by atoms with Crippen LogP contribution in [0, 0.1) is 11.3 Å². The third-order valence-electron chi connectivity index (χ3n) is 16.7. The van der Waals surface area contributed by atoms with Gasteiger partial charge >= 0.3 is 12.0 Å². The number of aliphatic hydroxyl groups is 1. The molecule has 99 heavy (non-hydrogen) atoms. The number of rotatable bonds is 32. The number of nitrogens with zero attached hydrogens (tertiary/aromatic N) is 2. The summed E-state index contributed by atoms with van der Waals surface area (Å²) in [5.41, 5.74) is 17.4. The third-order valence-corrected chi connectivity index (χ3v) is 16.7. The molecule has 9 atom stereocenters. The highest BCUT2D eigenvalue weighted by Crippen LogP contribution is 2.23. The van der Waals surface area contributed by atoms with Gasteiger partial charge in [-0.25, -0.2) is 15.2 Å². The molecule has 526 valence electrons. The summed E-state index contributed by atoms with van der Waals surface area (Å²) >= 11 is 0. The van der Waals surface area contributed by atoms with Gasteiger partial charge in [-0.05, 0) is 90.1 Å². The van der Waals surface area contributed by atoms with Crippen molar-refractivity contribution < 1.29 is 67.4 Å². The fraction of sp³-hybridized carbons (Fsp3) is 0.403. The molecule has 0 unspecified atom stereocenters. The van der Waals surface area contributed by atoms with E-state index >= 15 is 9.59 Å². The smallest absolute Gasteiger partial charge is 0.330 e. The SMILES string of the molecule is CC(=O)Oc1ccc(C[C@H](NC(=O)[C@H](CO)NC(=O)[C@H](Cc2c[nH]c3ccccc23)NC(=O)[C@H](Cc2c[nH]cn2)NC(=O)[C@@H]2CCC(=O)N2)C(=O)N[C@H](Cc2ccc3ccccc3c2)C(=O)N[C@@H](CC(C)C)C(=O)N[C@@H](CCCNC(=N)N)C(=O)N2CCC[C@H]2C(=O)NNC(N)=O)cc1. The Morgan fingerprint density at radius 1 is 0.667 bits per heavy atom. The van der Waals surface area contributed by atoms with Crippen LogP contribution in [-0.2, 0) is 78.4 Å². The molecule has 0 saturated carbocycles. The fourth-order valence-corrected chi connectivity index (χ4v) is 11.8. The van der Waals surface area contributed by atoms with Crippen LogP contribution in [0.15, 0.2) is 110 Å². The number of hydrogen-bond donors (Lipinski definition) is 17. The number of fused-ring (bicyclic) bond motifs is 2. The van der Waals surface area contributed by atoms with Gasteiger partial charge in [0.25, 0.3) is 5.91 Å². The molecule has 0 bridgehead atoms. The highest BCUT2D eigenvalue weighted by atomic mass is 16.5. The fourth-order valence-electron chi connectivity index (χ4n) is 11.8. The highest BCUT2D eigenvalue weighted by molar-refractivity contribution is 6.00. The van der Waals surface area contributed by atoms with E-state index in [1.165, 1.54) is 48.6 Å². The Labute approximate surface area is 568 Å². The molecule has 0 spiro atoms. The molecule has 2 saturated heterocycles. The summed E-state index contributed by atoms with van der Waals surface area (Å²) < 4.78 is 5.24. The number of urea groups is 1. The predicted octanol–water partition coefficient (Wildman–Crippen LogP) is -1.10. The van der Waals surface area contributed by atoms with E-state index in [2.05, 4.69) is 68.2 Å². The van der Waals surface area contributed by atoms with Gasteiger partial charge in [0.1, 0.15) is 60.1 Å². The van der Waals surface area contributed by atoms with Gasteiger partial charge in [-0.15, -0.1) is 0 Å². The number of hydrogen-bond acceptors (Lipinski definition) is 16. The molecule has 2 aromatic heterocycles. The number of primary amides is 1. The van der Waals surface area contributed by atoms with E-state index in [0.717, 1.165) is 10.8 Å². The van der Waals surface area contributed by atoms with Crippen molar-refractivity contribution in [2.24, 2.45) is 17.4 Å². The van der Waals surface area contributed by atoms with Gasteiger partial charge in [0.05, 0.1) is 18.6 Å². The van der Waals surface area contributed by atoms with Crippen molar-refractivity contribution in [2.45, 2.75) is 146 Å². The first-order valence-corrected chi connectivity index (χ1v) is 32.5. The molecular formula is C67H84N18O14. The molecule has 0 radical (unpaired) electrons. The lowest BCUT2D eigenvalue weighted by Gasteiger charge is -2.31. The molecule has 32 heteroatoms. The van der Waals surface area contributed by atoms with E-state index in [1.54, 1.807) is 50.4 Å². The van der Waals surface area contributed by atoms with E-state index in [9.17, 15) is 53.1 Å².